The number of carbonyl (C=O) groups is 3. The zero-order valence-electron chi connectivity index (χ0n) is 11.2. The summed E-state index contributed by atoms with van der Waals surface area (Å²) in [7, 11) is 2.71. The van der Waals surface area contributed by atoms with Gasteiger partial charge in [-0.05, 0) is 12.8 Å². The van der Waals surface area contributed by atoms with E-state index in [1.165, 1.54) is 25.3 Å². The van der Waals surface area contributed by atoms with Crippen LogP contribution >= 0.6 is 0 Å². The van der Waals surface area contributed by atoms with Gasteiger partial charge >= 0.3 is 11.9 Å². The van der Waals surface area contributed by atoms with Crippen molar-refractivity contribution in [2.75, 3.05) is 13.7 Å². The molecule has 1 fully saturated rings. The normalized spacial score (nSPS) is 18.1. The summed E-state index contributed by atoms with van der Waals surface area (Å²) in [5.41, 5.74) is -0.207. The van der Waals surface area contributed by atoms with Gasteiger partial charge in [-0.2, -0.15) is 5.10 Å². The largest absolute Gasteiger partial charge is 0.477 e. The topological polar surface area (TPSA) is 102 Å². The maximum atomic E-state index is 12.4. The number of carboxylic acids is 1. The molecule has 8 heteroatoms. The minimum atomic E-state index is -1.23. The van der Waals surface area contributed by atoms with Crippen LogP contribution in [0.25, 0.3) is 0 Å². The Morgan fingerprint density at radius 3 is 2.75 bits per heavy atom. The van der Waals surface area contributed by atoms with Crippen LogP contribution in [0.15, 0.2) is 6.20 Å². The van der Waals surface area contributed by atoms with Crippen LogP contribution in [0.1, 0.15) is 33.7 Å². The summed E-state index contributed by atoms with van der Waals surface area (Å²) in [5.74, 6) is -2.23. The molecule has 0 bridgehead atoms. The second kappa shape index (κ2) is 5.32. The first-order chi connectivity index (χ1) is 9.47. The molecule has 1 saturated heterocycles. The number of hydrogen-bond acceptors (Lipinski definition) is 5. The van der Waals surface area contributed by atoms with Crippen LogP contribution in [0.5, 0.6) is 0 Å². The molecule has 0 radical (unpaired) electrons. The van der Waals surface area contributed by atoms with Gasteiger partial charge in [-0.3, -0.25) is 9.48 Å². The lowest BCUT2D eigenvalue weighted by atomic mass is 10.2. The molecular weight excluding hydrogens is 266 g/mol. The summed E-state index contributed by atoms with van der Waals surface area (Å²) in [6.07, 6.45) is 2.40. The van der Waals surface area contributed by atoms with Crippen LogP contribution in [0.4, 0.5) is 0 Å². The molecule has 108 valence electrons. The lowest BCUT2D eigenvalue weighted by Crippen LogP contribution is -2.41. The number of ether oxygens (including phenoxy) is 1. The molecule has 0 spiro atoms. The summed E-state index contributed by atoms with van der Waals surface area (Å²) in [5, 5.41) is 12.9. The first-order valence-electron chi connectivity index (χ1n) is 6.11. The van der Waals surface area contributed by atoms with Gasteiger partial charge in [0.25, 0.3) is 5.91 Å². The second-order valence-electron chi connectivity index (χ2n) is 4.52. The summed E-state index contributed by atoms with van der Waals surface area (Å²) in [6.45, 7) is 0.395. The van der Waals surface area contributed by atoms with Gasteiger partial charge < -0.3 is 14.7 Å². The SMILES string of the molecule is COC(=O)C1CCCN1C(=O)c1cnn(C)c1C(=O)O. The third-order valence-corrected chi connectivity index (χ3v) is 3.36. The predicted molar refractivity (Wildman–Crippen MR) is 66.2 cm³/mol. The minimum Gasteiger partial charge on any atom is -0.477 e. The van der Waals surface area contributed by atoms with Crippen LogP contribution in [-0.2, 0) is 16.6 Å². The van der Waals surface area contributed by atoms with Crippen LogP contribution in [0, 0.1) is 0 Å². The molecule has 20 heavy (non-hydrogen) atoms. The molecule has 1 aromatic rings. The number of methoxy groups -OCH3 is 1. The number of aryl methyl sites for hydroxylation is 1. The van der Waals surface area contributed by atoms with E-state index in [2.05, 4.69) is 9.84 Å². The van der Waals surface area contributed by atoms with E-state index in [4.69, 9.17) is 5.11 Å². The third kappa shape index (κ3) is 2.24. The van der Waals surface area contributed by atoms with Crippen molar-refractivity contribution in [3.63, 3.8) is 0 Å². The molecule has 8 nitrogen and oxygen atoms in total. The van der Waals surface area contributed by atoms with Crippen molar-refractivity contribution in [3.05, 3.63) is 17.5 Å². The Hall–Kier alpha value is -2.38. The van der Waals surface area contributed by atoms with Gasteiger partial charge in [-0.1, -0.05) is 0 Å². The highest BCUT2D eigenvalue weighted by Crippen LogP contribution is 2.22. The number of carbonyl (C=O) groups excluding carboxylic acids is 2. The Bertz CT molecular complexity index is 565. The van der Waals surface area contributed by atoms with Crippen molar-refractivity contribution in [1.29, 1.82) is 0 Å². The second-order valence-corrected chi connectivity index (χ2v) is 4.52. The molecule has 2 rings (SSSR count). The standard InChI is InChI=1S/C12H15N3O5/c1-14-9(11(17)18)7(6-13-14)10(16)15-5-3-4-8(15)12(19)20-2/h6,8H,3-5H2,1-2H3,(H,17,18). The molecule has 1 unspecified atom stereocenters. The third-order valence-electron chi connectivity index (χ3n) is 3.36. The average Bonchev–Trinajstić information content (AvgIpc) is 3.03. The number of aromatic nitrogens is 2. The minimum absolute atomic E-state index is 0.0178. The van der Waals surface area contributed by atoms with Gasteiger partial charge in [-0.25, -0.2) is 9.59 Å². The van der Waals surface area contributed by atoms with Gasteiger partial charge in [0.05, 0.1) is 18.9 Å². The van der Waals surface area contributed by atoms with Crippen molar-refractivity contribution in [2.45, 2.75) is 18.9 Å². The number of esters is 1. The number of carboxylic acid groups (broad SMARTS) is 1. The van der Waals surface area contributed by atoms with Gasteiger partial charge in [0.1, 0.15) is 6.04 Å². The summed E-state index contributed by atoms with van der Waals surface area (Å²) in [4.78, 5) is 36.6. The number of aromatic carboxylic acids is 1. The highest BCUT2D eigenvalue weighted by atomic mass is 16.5. The molecule has 0 aromatic carbocycles. The molecule has 1 aliphatic heterocycles. The number of rotatable bonds is 3. The van der Waals surface area contributed by atoms with Gasteiger partial charge in [0.15, 0.2) is 5.69 Å². The van der Waals surface area contributed by atoms with Gasteiger partial charge in [0.2, 0.25) is 0 Å². The van der Waals surface area contributed by atoms with Crippen LogP contribution in [0.3, 0.4) is 0 Å². The zero-order valence-corrected chi connectivity index (χ0v) is 11.2. The molecule has 0 aliphatic carbocycles. The van der Waals surface area contributed by atoms with E-state index >= 15 is 0 Å². The smallest absolute Gasteiger partial charge is 0.354 e. The molecule has 2 heterocycles. The monoisotopic (exact) mass is 281 g/mol. The predicted octanol–water partition coefficient (Wildman–Crippen LogP) is -0.104. The Kier molecular flexibility index (Phi) is 3.73. The molecule has 1 atom stereocenters. The van der Waals surface area contributed by atoms with E-state index in [0.29, 0.717) is 19.4 Å². The van der Waals surface area contributed by atoms with Crippen molar-refractivity contribution in [2.24, 2.45) is 7.05 Å². The first-order valence-corrected chi connectivity index (χ1v) is 6.11. The first kappa shape index (κ1) is 14.0. The average molecular weight is 281 g/mol. The number of amides is 1. The maximum Gasteiger partial charge on any atom is 0.354 e. The van der Waals surface area contributed by atoms with E-state index in [1.807, 2.05) is 0 Å². The van der Waals surface area contributed by atoms with Crippen LogP contribution in [-0.4, -0.2) is 57.3 Å². The van der Waals surface area contributed by atoms with Crippen molar-refractivity contribution < 1.29 is 24.2 Å². The van der Waals surface area contributed by atoms with E-state index in [1.54, 1.807) is 0 Å². The molecule has 0 saturated carbocycles. The fraction of sp³-hybridized carbons (Fsp3) is 0.500. The van der Waals surface area contributed by atoms with E-state index in [-0.39, 0.29) is 11.3 Å². The fourth-order valence-corrected chi connectivity index (χ4v) is 2.39. The summed E-state index contributed by atoms with van der Waals surface area (Å²) in [6, 6.07) is -0.658. The fourth-order valence-electron chi connectivity index (χ4n) is 2.39. The Morgan fingerprint density at radius 1 is 1.45 bits per heavy atom. The molecular formula is C12H15N3O5. The summed E-state index contributed by atoms with van der Waals surface area (Å²) >= 11 is 0. The Balaban J connectivity index is 2.32. The van der Waals surface area contributed by atoms with Crippen molar-refractivity contribution in [1.82, 2.24) is 14.7 Å². The summed E-state index contributed by atoms with van der Waals surface area (Å²) < 4.78 is 5.79. The highest BCUT2D eigenvalue weighted by molar-refractivity contribution is 6.04. The molecule has 1 N–H and O–H groups in total. The van der Waals surface area contributed by atoms with Gasteiger partial charge in [-0.15, -0.1) is 0 Å². The van der Waals surface area contributed by atoms with Crippen LogP contribution < -0.4 is 0 Å². The zero-order chi connectivity index (χ0) is 14.9. The van der Waals surface area contributed by atoms with E-state index in [9.17, 15) is 14.4 Å². The molecule has 1 aliphatic rings. The Morgan fingerprint density at radius 2 is 2.15 bits per heavy atom. The maximum absolute atomic E-state index is 12.4. The number of hydrogen-bond donors (Lipinski definition) is 1. The number of nitrogens with zero attached hydrogens (tertiary/aromatic N) is 3. The Labute approximate surface area is 114 Å². The van der Waals surface area contributed by atoms with Gasteiger partial charge in [0, 0.05) is 13.6 Å². The molecule has 1 amide bonds. The quantitative estimate of drug-likeness (QED) is 0.776. The van der Waals surface area contributed by atoms with Crippen molar-refractivity contribution >= 4 is 17.8 Å². The highest BCUT2D eigenvalue weighted by Gasteiger charge is 2.37. The van der Waals surface area contributed by atoms with E-state index < -0.39 is 23.9 Å². The van der Waals surface area contributed by atoms with Crippen LogP contribution in [0.2, 0.25) is 0 Å². The van der Waals surface area contributed by atoms with Crippen molar-refractivity contribution in [3.8, 4) is 0 Å². The lowest BCUT2D eigenvalue weighted by Gasteiger charge is -2.22. The van der Waals surface area contributed by atoms with E-state index in [0.717, 1.165) is 4.68 Å². The number of likely N-dealkylation sites (tertiary alicyclic amines) is 1. The molecule has 1 aromatic heterocycles. The lowest BCUT2D eigenvalue weighted by molar-refractivity contribution is -0.145.